The summed E-state index contributed by atoms with van der Waals surface area (Å²) < 4.78 is 0. The molecule has 1 heterocycles. The second kappa shape index (κ2) is 7.06. The van der Waals surface area contributed by atoms with Crippen molar-refractivity contribution in [2.24, 2.45) is 5.84 Å². The number of benzene rings is 1. The predicted octanol–water partition coefficient (Wildman–Crippen LogP) is 2.68. The monoisotopic (exact) mass is 304 g/mol. The lowest BCUT2D eigenvalue weighted by Crippen LogP contribution is -2.30. The Balaban J connectivity index is 2.22. The number of anilines is 1. The van der Waals surface area contributed by atoms with Crippen LogP contribution in [0.4, 0.5) is 5.82 Å². The normalized spacial score (nSPS) is 10.2. The van der Waals surface area contributed by atoms with E-state index in [1.165, 1.54) is 0 Å². The Morgan fingerprint density at radius 1 is 1.33 bits per heavy atom. The maximum Gasteiger partial charge on any atom is 0.254 e. The van der Waals surface area contributed by atoms with Gasteiger partial charge in [0.05, 0.1) is 0 Å². The van der Waals surface area contributed by atoms with E-state index in [-0.39, 0.29) is 11.1 Å². The Bertz CT molecular complexity index is 618. The number of halogens is 1. The van der Waals surface area contributed by atoms with Gasteiger partial charge in [-0.25, -0.2) is 10.8 Å². The summed E-state index contributed by atoms with van der Waals surface area (Å²) in [6.07, 6.45) is 0. The molecule has 3 N–H and O–H groups in total. The minimum absolute atomic E-state index is 0.109. The van der Waals surface area contributed by atoms with Gasteiger partial charge < -0.3 is 10.3 Å². The fraction of sp³-hybridized carbons (Fsp3) is 0.200. The quantitative estimate of drug-likeness (QED) is 0.506. The smallest absolute Gasteiger partial charge is 0.254 e. The number of pyridine rings is 1. The lowest BCUT2D eigenvalue weighted by atomic mass is 10.2. The van der Waals surface area contributed by atoms with Crippen LogP contribution in [-0.4, -0.2) is 22.3 Å². The summed E-state index contributed by atoms with van der Waals surface area (Å²) in [6.45, 7) is 3.08. The number of hydrogen-bond acceptors (Lipinski definition) is 4. The van der Waals surface area contributed by atoms with Gasteiger partial charge in [0.15, 0.2) is 0 Å². The average Bonchev–Trinajstić information content (AvgIpc) is 2.52. The summed E-state index contributed by atoms with van der Waals surface area (Å²) >= 11 is 5.90. The van der Waals surface area contributed by atoms with Crippen molar-refractivity contribution in [1.82, 2.24) is 9.88 Å². The molecule has 6 heteroatoms. The summed E-state index contributed by atoms with van der Waals surface area (Å²) in [6, 6.07) is 13.0. The Hall–Kier alpha value is -2.11. The molecule has 110 valence electrons. The van der Waals surface area contributed by atoms with Gasteiger partial charge in [-0.05, 0) is 24.6 Å². The van der Waals surface area contributed by atoms with Gasteiger partial charge in [0.25, 0.3) is 5.91 Å². The molecule has 0 atom stereocenters. The maximum atomic E-state index is 12.6. The fourth-order valence-electron chi connectivity index (χ4n) is 2.01. The van der Waals surface area contributed by atoms with Crippen molar-refractivity contribution < 1.29 is 4.79 Å². The van der Waals surface area contributed by atoms with Crippen molar-refractivity contribution in [3.8, 4) is 0 Å². The first-order chi connectivity index (χ1) is 10.1. The molecule has 0 bridgehead atoms. The molecule has 0 fully saturated rings. The lowest BCUT2D eigenvalue weighted by molar-refractivity contribution is 0.0752. The molecule has 2 rings (SSSR count). The first-order valence-corrected chi connectivity index (χ1v) is 6.99. The van der Waals surface area contributed by atoms with E-state index < -0.39 is 0 Å². The number of amides is 1. The number of carbonyl (C=O) groups is 1. The van der Waals surface area contributed by atoms with Gasteiger partial charge in [-0.1, -0.05) is 41.9 Å². The van der Waals surface area contributed by atoms with Crippen LogP contribution in [0.1, 0.15) is 22.8 Å². The van der Waals surface area contributed by atoms with Crippen molar-refractivity contribution in [2.45, 2.75) is 13.5 Å². The van der Waals surface area contributed by atoms with E-state index in [4.69, 9.17) is 17.4 Å². The Kier molecular flexibility index (Phi) is 5.14. The van der Waals surface area contributed by atoms with Gasteiger partial charge in [0, 0.05) is 18.7 Å². The number of nitrogens with one attached hydrogen (secondary N) is 1. The van der Waals surface area contributed by atoms with Crippen LogP contribution in [0.5, 0.6) is 0 Å². The van der Waals surface area contributed by atoms with Crippen LogP contribution in [0.25, 0.3) is 0 Å². The highest BCUT2D eigenvalue weighted by molar-refractivity contribution is 6.29. The topological polar surface area (TPSA) is 71.2 Å². The van der Waals surface area contributed by atoms with Crippen LogP contribution < -0.4 is 11.3 Å². The van der Waals surface area contributed by atoms with Crippen molar-refractivity contribution in [2.75, 3.05) is 12.0 Å². The predicted molar refractivity (Wildman–Crippen MR) is 83.9 cm³/mol. The van der Waals surface area contributed by atoms with Crippen molar-refractivity contribution in [3.63, 3.8) is 0 Å². The number of aromatic nitrogens is 1. The summed E-state index contributed by atoms with van der Waals surface area (Å²) in [5.41, 5.74) is 3.94. The third-order valence-electron chi connectivity index (χ3n) is 3.07. The van der Waals surface area contributed by atoms with Gasteiger partial charge >= 0.3 is 0 Å². The second-order valence-corrected chi connectivity index (χ2v) is 4.90. The molecule has 0 spiro atoms. The average molecular weight is 305 g/mol. The third-order valence-corrected chi connectivity index (χ3v) is 3.27. The molecule has 5 nitrogen and oxygen atoms in total. The van der Waals surface area contributed by atoms with Gasteiger partial charge in [-0.2, -0.15) is 0 Å². The molecule has 0 radical (unpaired) electrons. The largest absolute Gasteiger partial charge is 0.335 e. The number of nitrogen functional groups attached to an aromatic ring is 1. The Morgan fingerprint density at radius 2 is 2.05 bits per heavy atom. The zero-order valence-corrected chi connectivity index (χ0v) is 12.5. The molecule has 0 unspecified atom stereocenters. The van der Waals surface area contributed by atoms with E-state index in [2.05, 4.69) is 10.4 Å². The fourth-order valence-corrected chi connectivity index (χ4v) is 2.22. The number of carbonyl (C=O) groups excluding carboxylic acids is 1. The van der Waals surface area contributed by atoms with E-state index in [1.807, 2.05) is 37.3 Å². The lowest BCUT2D eigenvalue weighted by Gasteiger charge is -2.21. The maximum absolute atomic E-state index is 12.6. The molecule has 0 saturated heterocycles. The van der Waals surface area contributed by atoms with Gasteiger partial charge in [-0.3, -0.25) is 4.79 Å². The van der Waals surface area contributed by atoms with Crippen LogP contribution in [0.3, 0.4) is 0 Å². The van der Waals surface area contributed by atoms with Crippen LogP contribution in [0, 0.1) is 0 Å². The molecule has 0 aliphatic carbocycles. The van der Waals surface area contributed by atoms with E-state index in [1.54, 1.807) is 17.0 Å². The molecule has 0 aliphatic rings. The number of rotatable bonds is 5. The van der Waals surface area contributed by atoms with Gasteiger partial charge in [0.1, 0.15) is 11.0 Å². The highest BCUT2D eigenvalue weighted by atomic mass is 35.5. The molecule has 21 heavy (non-hydrogen) atoms. The van der Waals surface area contributed by atoms with Gasteiger partial charge in [0.2, 0.25) is 0 Å². The van der Waals surface area contributed by atoms with E-state index >= 15 is 0 Å². The van der Waals surface area contributed by atoms with Crippen molar-refractivity contribution in [3.05, 3.63) is 58.7 Å². The number of hydrazine groups is 1. The molecule has 0 aliphatic heterocycles. The summed E-state index contributed by atoms with van der Waals surface area (Å²) in [5, 5.41) is 0.226. The minimum Gasteiger partial charge on any atom is -0.335 e. The highest BCUT2D eigenvalue weighted by Crippen LogP contribution is 2.17. The van der Waals surface area contributed by atoms with E-state index in [0.717, 1.165) is 5.56 Å². The van der Waals surface area contributed by atoms with Crippen LogP contribution in [-0.2, 0) is 6.54 Å². The molecule has 2 aromatic rings. The number of nitrogens with two attached hydrogens (primary N) is 1. The Labute approximate surface area is 128 Å². The van der Waals surface area contributed by atoms with Crippen molar-refractivity contribution >= 4 is 23.3 Å². The molecule has 1 aromatic heterocycles. The highest BCUT2D eigenvalue weighted by Gasteiger charge is 2.16. The number of hydrogen-bond donors (Lipinski definition) is 2. The van der Waals surface area contributed by atoms with Crippen molar-refractivity contribution in [1.29, 1.82) is 0 Å². The third kappa shape index (κ3) is 3.93. The Morgan fingerprint density at radius 3 is 2.67 bits per heavy atom. The first kappa shape index (κ1) is 15.3. The standard InChI is InChI=1S/C15H17ClN4O/c1-2-20(10-11-6-4-3-5-7-11)15(21)12-8-13(16)18-14(9-12)19-17/h3-9H,2,10,17H2,1H3,(H,18,19). The SMILES string of the molecule is CCN(Cc1ccccc1)C(=O)c1cc(Cl)nc(NN)c1. The first-order valence-electron chi connectivity index (χ1n) is 6.61. The molecule has 1 aromatic carbocycles. The van der Waals surface area contributed by atoms with Crippen LogP contribution in [0.2, 0.25) is 5.15 Å². The van der Waals surface area contributed by atoms with Crippen LogP contribution in [0.15, 0.2) is 42.5 Å². The van der Waals surface area contributed by atoms with E-state index in [0.29, 0.717) is 24.5 Å². The summed E-state index contributed by atoms with van der Waals surface area (Å²) in [4.78, 5) is 18.3. The molecule has 1 amide bonds. The molecular weight excluding hydrogens is 288 g/mol. The zero-order chi connectivity index (χ0) is 15.2. The number of nitrogens with zero attached hydrogens (tertiary/aromatic N) is 2. The van der Waals surface area contributed by atoms with Crippen LogP contribution >= 0.6 is 11.6 Å². The molecular formula is C15H17ClN4O. The summed E-state index contributed by atoms with van der Waals surface area (Å²) in [7, 11) is 0. The second-order valence-electron chi connectivity index (χ2n) is 4.51. The van der Waals surface area contributed by atoms with Gasteiger partial charge in [-0.15, -0.1) is 0 Å². The van der Waals surface area contributed by atoms with E-state index in [9.17, 15) is 4.79 Å². The summed E-state index contributed by atoms with van der Waals surface area (Å²) in [5.74, 6) is 5.58. The minimum atomic E-state index is -0.109. The zero-order valence-electron chi connectivity index (χ0n) is 11.7. The molecule has 0 saturated carbocycles.